The third-order valence-electron chi connectivity index (χ3n) is 5.68. The van der Waals surface area contributed by atoms with Crippen molar-refractivity contribution in [2.24, 2.45) is 0 Å². The number of halogens is 1. The maximum atomic E-state index is 12.8. The first kappa shape index (κ1) is 26.6. The molecule has 11 heteroatoms. The van der Waals surface area contributed by atoms with E-state index in [0.29, 0.717) is 47.5 Å². The SMILES string of the molecule is CCOc1cc(/C=C2\SC(=O)N(CC(=O)N3CCCC3)C2=O)ccc1OCC(=O)Nc1ccc(Cl)cc1. The lowest BCUT2D eigenvalue weighted by Crippen LogP contribution is -2.40. The molecule has 0 aliphatic carbocycles. The van der Waals surface area contributed by atoms with E-state index >= 15 is 0 Å². The van der Waals surface area contributed by atoms with Crippen molar-refractivity contribution in [3.63, 3.8) is 0 Å². The van der Waals surface area contributed by atoms with Crippen LogP contribution < -0.4 is 14.8 Å². The monoisotopic (exact) mass is 543 g/mol. The van der Waals surface area contributed by atoms with Gasteiger partial charge in [-0.1, -0.05) is 17.7 Å². The van der Waals surface area contributed by atoms with Crippen LogP contribution in [-0.2, 0) is 14.4 Å². The van der Waals surface area contributed by atoms with Crippen LogP contribution >= 0.6 is 23.4 Å². The molecule has 1 N–H and O–H groups in total. The van der Waals surface area contributed by atoms with E-state index in [9.17, 15) is 19.2 Å². The highest BCUT2D eigenvalue weighted by Crippen LogP contribution is 2.35. The van der Waals surface area contributed by atoms with Crippen LogP contribution in [0.4, 0.5) is 10.5 Å². The molecule has 0 radical (unpaired) electrons. The number of hydrogen-bond acceptors (Lipinski definition) is 7. The molecule has 37 heavy (non-hydrogen) atoms. The predicted molar refractivity (Wildman–Crippen MR) is 142 cm³/mol. The number of likely N-dealkylation sites (tertiary alicyclic amines) is 1. The fraction of sp³-hybridized carbons (Fsp3) is 0.308. The molecule has 2 saturated heterocycles. The highest BCUT2D eigenvalue weighted by molar-refractivity contribution is 8.18. The van der Waals surface area contributed by atoms with E-state index in [2.05, 4.69) is 5.32 Å². The van der Waals surface area contributed by atoms with Gasteiger partial charge < -0.3 is 19.7 Å². The fourth-order valence-corrected chi connectivity index (χ4v) is 4.83. The van der Waals surface area contributed by atoms with E-state index < -0.39 is 11.1 Å². The molecule has 9 nitrogen and oxygen atoms in total. The first-order chi connectivity index (χ1) is 17.8. The van der Waals surface area contributed by atoms with Gasteiger partial charge in [-0.15, -0.1) is 0 Å². The zero-order chi connectivity index (χ0) is 26.4. The molecule has 2 aliphatic heterocycles. The lowest BCUT2D eigenvalue weighted by atomic mass is 10.2. The van der Waals surface area contributed by atoms with Crippen LogP contribution in [0.25, 0.3) is 6.08 Å². The lowest BCUT2D eigenvalue weighted by molar-refractivity contribution is -0.135. The zero-order valence-corrected chi connectivity index (χ0v) is 21.8. The Bertz CT molecular complexity index is 1230. The van der Waals surface area contributed by atoms with Crippen molar-refractivity contribution in [3.05, 3.63) is 58.0 Å². The number of nitrogens with one attached hydrogen (secondary N) is 1. The highest BCUT2D eigenvalue weighted by Gasteiger charge is 2.37. The topological polar surface area (TPSA) is 105 Å². The summed E-state index contributed by atoms with van der Waals surface area (Å²) in [6, 6.07) is 11.7. The Kier molecular flexibility index (Phi) is 8.73. The Morgan fingerprint density at radius 1 is 1.05 bits per heavy atom. The third kappa shape index (κ3) is 6.84. The number of anilines is 1. The molecule has 0 aromatic heterocycles. The highest BCUT2D eigenvalue weighted by atomic mass is 35.5. The van der Waals surface area contributed by atoms with Crippen LogP contribution in [0, 0.1) is 0 Å². The summed E-state index contributed by atoms with van der Waals surface area (Å²) in [5, 5.41) is 2.81. The number of thioether (sulfide) groups is 1. The number of carbonyl (C=O) groups is 4. The predicted octanol–water partition coefficient (Wildman–Crippen LogP) is 4.41. The summed E-state index contributed by atoms with van der Waals surface area (Å²) < 4.78 is 11.3. The molecular weight excluding hydrogens is 518 g/mol. The summed E-state index contributed by atoms with van der Waals surface area (Å²) in [4.78, 5) is 52.8. The standard InChI is InChI=1S/C26H26ClN3O6S/c1-2-35-21-13-17(5-10-20(21)36-16-23(31)28-19-8-6-18(27)7-9-19)14-22-25(33)30(26(34)37-22)15-24(32)29-11-3-4-12-29/h5-10,13-14H,2-4,11-12,15-16H2,1H3,(H,28,31)/b22-14-. The number of ether oxygens (including phenoxy) is 2. The average molecular weight is 544 g/mol. The van der Waals surface area contributed by atoms with Crippen molar-refractivity contribution in [3.8, 4) is 11.5 Å². The van der Waals surface area contributed by atoms with Crippen LogP contribution in [0.5, 0.6) is 11.5 Å². The smallest absolute Gasteiger partial charge is 0.294 e. The van der Waals surface area contributed by atoms with Crippen LogP contribution in [0.15, 0.2) is 47.4 Å². The Morgan fingerprint density at radius 3 is 2.49 bits per heavy atom. The van der Waals surface area contributed by atoms with Gasteiger partial charge in [0.25, 0.3) is 17.1 Å². The zero-order valence-electron chi connectivity index (χ0n) is 20.2. The number of nitrogens with zero attached hydrogens (tertiary/aromatic N) is 2. The number of amides is 4. The van der Waals surface area contributed by atoms with E-state index in [1.54, 1.807) is 53.4 Å². The van der Waals surface area contributed by atoms with Crippen molar-refractivity contribution >= 4 is 58.1 Å². The van der Waals surface area contributed by atoms with Crippen molar-refractivity contribution in [2.45, 2.75) is 19.8 Å². The molecule has 0 saturated carbocycles. The molecule has 2 aromatic carbocycles. The number of benzene rings is 2. The van der Waals surface area contributed by atoms with Crippen molar-refractivity contribution in [1.29, 1.82) is 0 Å². The average Bonchev–Trinajstić information content (AvgIpc) is 3.50. The minimum absolute atomic E-state index is 0.220. The second kappa shape index (κ2) is 12.2. The van der Waals surface area contributed by atoms with Gasteiger partial charge in [0.15, 0.2) is 18.1 Å². The molecule has 2 aromatic rings. The van der Waals surface area contributed by atoms with Crippen LogP contribution in [-0.4, -0.2) is 65.6 Å². The molecular formula is C26H26ClN3O6S. The molecule has 4 rings (SSSR count). The van der Waals surface area contributed by atoms with Gasteiger partial charge in [0.1, 0.15) is 6.54 Å². The number of hydrogen-bond donors (Lipinski definition) is 1. The van der Waals surface area contributed by atoms with Gasteiger partial charge in [-0.25, -0.2) is 0 Å². The number of rotatable bonds is 9. The van der Waals surface area contributed by atoms with Crippen LogP contribution in [0.1, 0.15) is 25.3 Å². The Hall–Kier alpha value is -3.50. The van der Waals surface area contributed by atoms with Crippen molar-refractivity contribution in [2.75, 3.05) is 38.2 Å². The third-order valence-corrected chi connectivity index (χ3v) is 6.84. The van der Waals surface area contributed by atoms with Gasteiger partial charge >= 0.3 is 0 Å². The van der Waals surface area contributed by atoms with Gasteiger partial charge in [-0.05, 0) is 79.6 Å². The molecule has 4 amide bonds. The van der Waals surface area contributed by atoms with E-state index in [-0.39, 0.29) is 29.9 Å². The minimum atomic E-state index is -0.500. The van der Waals surface area contributed by atoms with Crippen molar-refractivity contribution in [1.82, 2.24) is 9.80 Å². The Labute approximate surface area is 223 Å². The summed E-state index contributed by atoms with van der Waals surface area (Å²) in [5.41, 5.74) is 1.20. The van der Waals surface area contributed by atoms with Gasteiger partial charge in [-0.2, -0.15) is 0 Å². The van der Waals surface area contributed by atoms with Crippen LogP contribution in [0.3, 0.4) is 0 Å². The first-order valence-corrected chi connectivity index (χ1v) is 13.0. The second-order valence-corrected chi connectivity index (χ2v) is 9.77. The molecule has 2 fully saturated rings. The summed E-state index contributed by atoms with van der Waals surface area (Å²) in [7, 11) is 0. The van der Waals surface area contributed by atoms with Crippen LogP contribution in [0.2, 0.25) is 5.02 Å². The molecule has 194 valence electrons. The van der Waals surface area contributed by atoms with Gasteiger partial charge in [0.05, 0.1) is 11.5 Å². The summed E-state index contributed by atoms with van der Waals surface area (Å²) in [6.07, 6.45) is 3.44. The molecule has 0 spiro atoms. The normalized spacial score (nSPS) is 16.4. The minimum Gasteiger partial charge on any atom is -0.490 e. The summed E-state index contributed by atoms with van der Waals surface area (Å²) in [6.45, 7) is 2.98. The summed E-state index contributed by atoms with van der Waals surface area (Å²) >= 11 is 6.65. The summed E-state index contributed by atoms with van der Waals surface area (Å²) in [5.74, 6) is -0.333. The molecule has 2 heterocycles. The Morgan fingerprint density at radius 2 is 1.78 bits per heavy atom. The maximum absolute atomic E-state index is 12.8. The second-order valence-electron chi connectivity index (χ2n) is 8.34. The van der Waals surface area contributed by atoms with Gasteiger partial charge in [0.2, 0.25) is 5.91 Å². The van der Waals surface area contributed by atoms with E-state index in [0.717, 1.165) is 29.5 Å². The molecule has 2 aliphatic rings. The maximum Gasteiger partial charge on any atom is 0.294 e. The number of imide groups is 1. The Balaban J connectivity index is 1.41. The van der Waals surface area contributed by atoms with E-state index in [4.69, 9.17) is 21.1 Å². The lowest BCUT2D eigenvalue weighted by Gasteiger charge is -2.18. The quantitative estimate of drug-likeness (QED) is 0.467. The van der Waals surface area contributed by atoms with Crippen molar-refractivity contribution < 1.29 is 28.7 Å². The fourth-order valence-electron chi connectivity index (χ4n) is 3.87. The van der Waals surface area contributed by atoms with Gasteiger partial charge in [0, 0.05) is 23.8 Å². The van der Waals surface area contributed by atoms with E-state index in [1.165, 1.54) is 0 Å². The molecule has 0 unspecified atom stereocenters. The van der Waals surface area contributed by atoms with Gasteiger partial charge in [-0.3, -0.25) is 24.1 Å². The number of carbonyl (C=O) groups excluding carboxylic acids is 4. The molecule has 0 bridgehead atoms. The largest absolute Gasteiger partial charge is 0.490 e. The molecule has 0 atom stereocenters. The first-order valence-electron chi connectivity index (χ1n) is 11.8. The van der Waals surface area contributed by atoms with E-state index in [1.807, 2.05) is 6.92 Å².